The summed E-state index contributed by atoms with van der Waals surface area (Å²) in [4.78, 5) is 24.3. The minimum absolute atomic E-state index is 0.167. The average Bonchev–Trinajstić information content (AvgIpc) is 3.58. The Labute approximate surface area is 192 Å². The number of rotatable bonds is 7. The van der Waals surface area contributed by atoms with Crippen molar-refractivity contribution in [2.75, 3.05) is 12.4 Å². The van der Waals surface area contributed by atoms with Gasteiger partial charge in [0, 0.05) is 0 Å². The van der Waals surface area contributed by atoms with Crippen molar-refractivity contribution >= 4 is 17.9 Å². The molecule has 33 heavy (non-hydrogen) atoms. The van der Waals surface area contributed by atoms with Gasteiger partial charge < -0.3 is 9.47 Å². The van der Waals surface area contributed by atoms with Crippen LogP contribution in [-0.4, -0.2) is 40.3 Å². The smallest absolute Gasteiger partial charge is 0.413 e. The SMILES string of the molecule is CCC(C)OC(=O)Nc1c(C)nnn1-c1ccc(-c2ccc(C3(C(=O)OC)CC3)cc2)cc1. The van der Waals surface area contributed by atoms with Crippen molar-refractivity contribution in [2.45, 2.75) is 51.6 Å². The molecule has 3 aromatic rings. The fraction of sp³-hybridized carbons (Fsp3) is 0.360. The van der Waals surface area contributed by atoms with Gasteiger partial charge in [0.1, 0.15) is 11.8 Å². The summed E-state index contributed by atoms with van der Waals surface area (Å²) in [5.74, 6) is 0.304. The molecule has 172 valence electrons. The van der Waals surface area contributed by atoms with E-state index in [1.165, 1.54) is 7.11 Å². The van der Waals surface area contributed by atoms with E-state index in [2.05, 4.69) is 15.6 Å². The van der Waals surface area contributed by atoms with Gasteiger partial charge in [-0.2, -0.15) is 4.68 Å². The lowest BCUT2D eigenvalue weighted by molar-refractivity contribution is -0.143. The monoisotopic (exact) mass is 448 g/mol. The number of carbonyl (C=O) groups excluding carboxylic acids is 2. The number of benzene rings is 2. The predicted octanol–water partition coefficient (Wildman–Crippen LogP) is 4.79. The lowest BCUT2D eigenvalue weighted by Gasteiger charge is -2.14. The molecule has 8 nitrogen and oxygen atoms in total. The van der Waals surface area contributed by atoms with Gasteiger partial charge in [-0.05, 0) is 61.9 Å². The molecule has 1 fully saturated rings. The number of aromatic nitrogens is 3. The van der Waals surface area contributed by atoms with Crippen LogP contribution in [-0.2, 0) is 19.7 Å². The van der Waals surface area contributed by atoms with E-state index in [1.54, 1.807) is 11.6 Å². The van der Waals surface area contributed by atoms with Gasteiger partial charge in [0.2, 0.25) is 0 Å². The number of amides is 1. The third-order valence-corrected chi connectivity index (χ3v) is 6.15. The third-order valence-electron chi connectivity index (χ3n) is 6.15. The number of methoxy groups -OCH3 is 1. The number of carbonyl (C=O) groups is 2. The quantitative estimate of drug-likeness (QED) is 0.522. The van der Waals surface area contributed by atoms with E-state index >= 15 is 0 Å². The number of nitrogens with zero attached hydrogens (tertiary/aromatic N) is 3. The Bertz CT molecular complexity index is 1150. The Hall–Kier alpha value is -3.68. The highest BCUT2D eigenvalue weighted by molar-refractivity contribution is 5.87. The van der Waals surface area contributed by atoms with E-state index in [9.17, 15) is 9.59 Å². The fourth-order valence-corrected chi connectivity index (χ4v) is 3.78. The van der Waals surface area contributed by atoms with Gasteiger partial charge >= 0.3 is 12.1 Å². The van der Waals surface area contributed by atoms with E-state index in [-0.39, 0.29) is 12.1 Å². The van der Waals surface area contributed by atoms with E-state index in [4.69, 9.17) is 9.47 Å². The standard InChI is InChI=1S/C25H28N4O4/c1-5-16(2)33-24(31)26-22-17(3)27-28-29(22)21-12-8-19(9-13-21)18-6-10-20(11-7-18)25(14-15-25)23(30)32-4/h6-13,16H,5,14-15H2,1-4H3,(H,26,31). The second-order valence-electron chi connectivity index (χ2n) is 8.38. The van der Waals surface area contributed by atoms with Crippen molar-refractivity contribution in [1.82, 2.24) is 15.0 Å². The highest BCUT2D eigenvalue weighted by Crippen LogP contribution is 2.49. The van der Waals surface area contributed by atoms with Gasteiger partial charge in [0.25, 0.3) is 0 Å². The van der Waals surface area contributed by atoms with Crippen molar-refractivity contribution in [3.63, 3.8) is 0 Å². The fourth-order valence-electron chi connectivity index (χ4n) is 3.78. The van der Waals surface area contributed by atoms with Crippen molar-refractivity contribution in [3.8, 4) is 16.8 Å². The van der Waals surface area contributed by atoms with Crippen molar-refractivity contribution in [1.29, 1.82) is 0 Å². The molecule has 1 heterocycles. The number of hydrogen-bond donors (Lipinski definition) is 1. The summed E-state index contributed by atoms with van der Waals surface area (Å²) in [5.41, 5.74) is 3.94. The zero-order chi connectivity index (χ0) is 23.6. The van der Waals surface area contributed by atoms with Crippen LogP contribution in [0.25, 0.3) is 16.8 Å². The summed E-state index contributed by atoms with van der Waals surface area (Å²) < 4.78 is 11.9. The van der Waals surface area contributed by atoms with Crippen LogP contribution in [0.3, 0.4) is 0 Å². The second kappa shape index (κ2) is 9.05. The first-order chi connectivity index (χ1) is 15.9. The molecule has 4 rings (SSSR count). The molecule has 0 radical (unpaired) electrons. The number of ether oxygens (including phenoxy) is 2. The Balaban J connectivity index is 1.52. The van der Waals surface area contributed by atoms with Crippen LogP contribution >= 0.6 is 0 Å². The highest BCUT2D eigenvalue weighted by Gasteiger charge is 2.52. The summed E-state index contributed by atoms with van der Waals surface area (Å²) in [6, 6.07) is 15.8. The molecule has 1 aromatic heterocycles. The Kier molecular flexibility index (Phi) is 6.18. The molecule has 1 amide bonds. The van der Waals surface area contributed by atoms with E-state index in [0.29, 0.717) is 11.5 Å². The maximum atomic E-state index is 12.2. The maximum Gasteiger partial charge on any atom is 0.413 e. The topological polar surface area (TPSA) is 95.3 Å². The van der Waals surface area contributed by atoms with Crippen LogP contribution < -0.4 is 5.32 Å². The van der Waals surface area contributed by atoms with E-state index in [1.807, 2.05) is 62.4 Å². The largest absolute Gasteiger partial charge is 0.468 e. The summed E-state index contributed by atoms with van der Waals surface area (Å²) in [6.07, 6.45) is 1.67. The average molecular weight is 449 g/mol. The van der Waals surface area contributed by atoms with Crippen molar-refractivity contribution in [3.05, 3.63) is 59.8 Å². The van der Waals surface area contributed by atoms with Crippen LogP contribution in [0.1, 0.15) is 44.4 Å². The van der Waals surface area contributed by atoms with Gasteiger partial charge in [0.15, 0.2) is 5.82 Å². The molecule has 0 bridgehead atoms. The number of hydrogen-bond acceptors (Lipinski definition) is 6. The third kappa shape index (κ3) is 4.46. The molecule has 2 aromatic carbocycles. The summed E-state index contributed by atoms with van der Waals surface area (Å²) in [6.45, 7) is 5.57. The highest BCUT2D eigenvalue weighted by atomic mass is 16.6. The van der Waals surface area contributed by atoms with Gasteiger partial charge in [-0.1, -0.05) is 48.5 Å². The minimum Gasteiger partial charge on any atom is -0.468 e. The Morgan fingerprint density at radius 3 is 2.24 bits per heavy atom. The van der Waals surface area contributed by atoms with Crippen LogP contribution in [0, 0.1) is 6.92 Å². The predicted molar refractivity (Wildman–Crippen MR) is 124 cm³/mol. The molecular weight excluding hydrogens is 420 g/mol. The zero-order valence-electron chi connectivity index (χ0n) is 19.3. The molecule has 1 N–H and O–H groups in total. The van der Waals surface area contributed by atoms with Gasteiger partial charge in [0.05, 0.1) is 18.2 Å². The van der Waals surface area contributed by atoms with Crippen LogP contribution in [0.5, 0.6) is 0 Å². The molecule has 1 aliphatic carbocycles. The summed E-state index contributed by atoms with van der Waals surface area (Å²) >= 11 is 0. The molecule has 1 aliphatic rings. The van der Waals surface area contributed by atoms with E-state index in [0.717, 1.165) is 41.6 Å². The first-order valence-electron chi connectivity index (χ1n) is 11.1. The summed E-state index contributed by atoms with van der Waals surface area (Å²) in [7, 11) is 1.44. The molecule has 1 atom stereocenters. The lowest BCUT2D eigenvalue weighted by atomic mass is 9.94. The molecule has 0 saturated heterocycles. The van der Waals surface area contributed by atoms with Gasteiger partial charge in [-0.15, -0.1) is 5.10 Å². The number of esters is 1. The van der Waals surface area contributed by atoms with Crippen molar-refractivity contribution < 1.29 is 19.1 Å². The van der Waals surface area contributed by atoms with Crippen LogP contribution in [0.4, 0.5) is 10.6 Å². The van der Waals surface area contributed by atoms with Crippen molar-refractivity contribution in [2.24, 2.45) is 0 Å². The minimum atomic E-state index is -0.534. The second-order valence-corrected chi connectivity index (χ2v) is 8.38. The Morgan fingerprint density at radius 1 is 1.09 bits per heavy atom. The maximum absolute atomic E-state index is 12.2. The van der Waals surface area contributed by atoms with Crippen LogP contribution in [0.2, 0.25) is 0 Å². The molecular formula is C25H28N4O4. The summed E-state index contributed by atoms with van der Waals surface area (Å²) in [5, 5.41) is 11.0. The van der Waals surface area contributed by atoms with Gasteiger partial charge in [-0.25, -0.2) is 4.79 Å². The number of aryl methyl sites for hydroxylation is 1. The Morgan fingerprint density at radius 2 is 1.70 bits per heavy atom. The molecule has 1 unspecified atom stereocenters. The van der Waals surface area contributed by atoms with E-state index < -0.39 is 11.5 Å². The van der Waals surface area contributed by atoms with Crippen LogP contribution in [0.15, 0.2) is 48.5 Å². The first kappa shape index (κ1) is 22.5. The molecule has 0 spiro atoms. The zero-order valence-corrected chi connectivity index (χ0v) is 19.3. The lowest BCUT2D eigenvalue weighted by Crippen LogP contribution is -2.21. The molecule has 0 aliphatic heterocycles. The number of nitrogens with one attached hydrogen (secondary N) is 1. The number of anilines is 1. The molecule has 1 saturated carbocycles. The molecule has 8 heteroatoms. The van der Waals surface area contributed by atoms with Gasteiger partial charge in [-0.3, -0.25) is 10.1 Å². The first-order valence-corrected chi connectivity index (χ1v) is 11.1. The normalized spacial score (nSPS) is 14.9.